The smallest absolute Gasteiger partial charge is 0.325 e. The van der Waals surface area contributed by atoms with Crippen molar-refractivity contribution in [2.24, 2.45) is 10.2 Å². The zero-order chi connectivity index (χ0) is 10.6. The summed E-state index contributed by atoms with van der Waals surface area (Å²) in [5.41, 5.74) is 0.700. The van der Waals surface area contributed by atoms with Crippen molar-refractivity contribution in [2.75, 3.05) is 12.9 Å². The van der Waals surface area contributed by atoms with E-state index in [1.807, 2.05) is 6.26 Å². The summed E-state index contributed by atoms with van der Waals surface area (Å²) in [7, 11) is 0. The molecule has 0 aromatic rings. The van der Waals surface area contributed by atoms with Gasteiger partial charge in [0.1, 0.15) is 5.25 Å². The lowest BCUT2D eigenvalue weighted by molar-refractivity contribution is -0.141. The molecule has 1 aliphatic heterocycles. The molecular formula is C8H12N2O2S2. The minimum atomic E-state index is -0.324. The summed E-state index contributed by atoms with van der Waals surface area (Å²) in [6.45, 7) is 3.98. The Labute approximate surface area is 91.6 Å². The maximum Gasteiger partial charge on any atom is 0.325 e. The van der Waals surface area contributed by atoms with E-state index in [2.05, 4.69) is 10.2 Å². The molecule has 0 unspecified atom stereocenters. The highest BCUT2D eigenvalue weighted by Gasteiger charge is 2.28. The fourth-order valence-electron chi connectivity index (χ4n) is 0.907. The number of carbonyl (C=O) groups is 1. The van der Waals surface area contributed by atoms with Gasteiger partial charge in [-0.05, 0) is 20.1 Å². The Hall–Kier alpha value is -0.490. The van der Waals surface area contributed by atoms with Crippen molar-refractivity contribution in [2.45, 2.75) is 19.1 Å². The highest BCUT2D eigenvalue weighted by Crippen LogP contribution is 2.26. The molecule has 0 saturated heterocycles. The second kappa shape index (κ2) is 5.41. The van der Waals surface area contributed by atoms with Crippen LogP contribution >= 0.6 is 23.5 Å². The molecule has 0 bridgehead atoms. The lowest BCUT2D eigenvalue weighted by Crippen LogP contribution is -2.29. The standard InChI is InChI=1S/C8H12N2O2S2/c1-4-12-7(11)6-5(2)9-10-8(13-3)14-6/h6H,4H2,1-3H3/t6-/m0/s1. The molecule has 1 aliphatic rings. The van der Waals surface area contributed by atoms with Gasteiger partial charge >= 0.3 is 5.97 Å². The van der Waals surface area contributed by atoms with Crippen molar-refractivity contribution in [1.29, 1.82) is 0 Å². The Balaban J connectivity index is 2.69. The third kappa shape index (κ3) is 2.75. The molecule has 1 heterocycles. The van der Waals surface area contributed by atoms with Crippen molar-refractivity contribution in [3.63, 3.8) is 0 Å². The molecule has 0 aliphatic carbocycles. The van der Waals surface area contributed by atoms with Gasteiger partial charge in [0, 0.05) is 0 Å². The van der Waals surface area contributed by atoms with Crippen molar-refractivity contribution >= 4 is 39.6 Å². The van der Waals surface area contributed by atoms with Gasteiger partial charge in [0.25, 0.3) is 0 Å². The van der Waals surface area contributed by atoms with Crippen LogP contribution in [-0.4, -0.2) is 34.2 Å². The zero-order valence-corrected chi connectivity index (χ0v) is 9.94. The maximum absolute atomic E-state index is 11.5. The van der Waals surface area contributed by atoms with Crippen LogP contribution < -0.4 is 0 Å². The molecule has 4 nitrogen and oxygen atoms in total. The highest BCUT2D eigenvalue weighted by molar-refractivity contribution is 8.39. The molecular weight excluding hydrogens is 220 g/mol. The van der Waals surface area contributed by atoms with Crippen LogP contribution in [0, 0.1) is 0 Å². The third-order valence-corrected chi connectivity index (χ3v) is 3.83. The number of hydrogen-bond acceptors (Lipinski definition) is 6. The quantitative estimate of drug-likeness (QED) is 0.681. The van der Waals surface area contributed by atoms with Crippen LogP contribution in [0.25, 0.3) is 0 Å². The monoisotopic (exact) mass is 232 g/mol. The molecule has 6 heteroatoms. The molecule has 0 fully saturated rings. The predicted octanol–water partition coefficient (Wildman–Crippen LogP) is 1.76. The van der Waals surface area contributed by atoms with Crippen LogP contribution in [0.5, 0.6) is 0 Å². The normalized spacial score (nSPS) is 21.2. The Bertz CT molecular complexity index is 289. The van der Waals surface area contributed by atoms with Gasteiger partial charge < -0.3 is 4.74 Å². The first-order valence-electron chi connectivity index (χ1n) is 4.18. The summed E-state index contributed by atoms with van der Waals surface area (Å²) in [5, 5.41) is 7.55. The summed E-state index contributed by atoms with van der Waals surface area (Å²) in [6.07, 6.45) is 1.91. The van der Waals surface area contributed by atoms with E-state index in [0.717, 1.165) is 4.38 Å². The first kappa shape index (κ1) is 11.6. The Morgan fingerprint density at radius 3 is 2.93 bits per heavy atom. The maximum atomic E-state index is 11.5. The number of rotatable bonds is 2. The predicted molar refractivity (Wildman–Crippen MR) is 62.1 cm³/mol. The summed E-state index contributed by atoms with van der Waals surface area (Å²) < 4.78 is 5.74. The molecule has 0 saturated carbocycles. The van der Waals surface area contributed by atoms with Crippen molar-refractivity contribution in [1.82, 2.24) is 0 Å². The molecule has 0 aromatic carbocycles. The van der Waals surface area contributed by atoms with Crippen molar-refractivity contribution in [3.05, 3.63) is 0 Å². The van der Waals surface area contributed by atoms with E-state index in [1.54, 1.807) is 13.8 Å². The van der Waals surface area contributed by atoms with E-state index in [9.17, 15) is 4.79 Å². The Kier molecular flexibility index (Phi) is 4.47. The average Bonchev–Trinajstić information content (AvgIpc) is 2.19. The van der Waals surface area contributed by atoms with E-state index in [0.29, 0.717) is 12.3 Å². The third-order valence-electron chi connectivity index (χ3n) is 1.56. The number of nitrogens with zero attached hydrogens (tertiary/aromatic N) is 2. The molecule has 0 aromatic heterocycles. The van der Waals surface area contributed by atoms with Gasteiger partial charge in [0.2, 0.25) is 0 Å². The van der Waals surface area contributed by atoms with Gasteiger partial charge in [-0.25, -0.2) is 0 Å². The molecule has 78 valence electrons. The lowest BCUT2D eigenvalue weighted by atomic mass is 10.3. The van der Waals surface area contributed by atoms with Gasteiger partial charge in [-0.15, -0.1) is 16.9 Å². The number of ether oxygens (including phenoxy) is 1. The van der Waals surface area contributed by atoms with Crippen molar-refractivity contribution in [3.8, 4) is 0 Å². The molecule has 0 N–H and O–H groups in total. The number of carbonyl (C=O) groups excluding carboxylic acids is 1. The van der Waals surface area contributed by atoms with Crippen LogP contribution in [0.1, 0.15) is 13.8 Å². The van der Waals surface area contributed by atoms with E-state index in [4.69, 9.17) is 4.74 Å². The second-order valence-corrected chi connectivity index (χ2v) is 4.71. The Morgan fingerprint density at radius 2 is 2.36 bits per heavy atom. The van der Waals surface area contributed by atoms with Crippen LogP contribution in [0.15, 0.2) is 10.2 Å². The van der Waals surface area contributed by atoms with Crippen LogP contribution in [0.3, 0.4) is 0 Å². The molecule has 0 spiro atoms. The molecule has 0 amide bonds. The van der Waals surface area contributed by atoms with Gasteiger partial charge in [0.05, 0.1) is 12.3 Å². The largest absolute Gasteiger partial charge is 0.465 e. The molecule has 14 heavy (non-hydrogen) atoms. The zero-order valence-electron chi connectivity index (χ0n) is 8.31. The molecule has 1 atom stereocenters. The van der Waals surface area contributed by atoms with E-state index in [1.165, 1.54) is 23.5 Å². The van der Waals surface area contributed by atoms with Crippen molar-refractivity contribution < 1.29 is 9.53 Å². The first-order chi connectivity index (χ1) is 6.69. The first-order valence-corrected chi connectivity index (χ1v) is 6.29. The van der Waals surface area contributed by atoms with E-state index >= 15 is 0 Å². The van der Waals surface area contributed by atoms with Gasteiger partial charge in [0.15, 0.2) is 4.38 Å². The van der Waals surface area contributed by atoms with Crippen LogP contribution in [0.2, 0.25) is 0 Å². The lowest BCUT2D eigenvalue weighted by Gasteiger charge is -2.17. The van der Waals surface area contributed by atoms with Gasteiger partial charge in [-0.1, -0.05) is 11.8 Å². The summed E-state index contributed by atoms with van der Waals surface area (Å²) in [4.78, 5) is 11.5. The number of thioether (sulfide) groups is 2. The van der Waals surface area contributed by atoms with Gasteiger partial charge in [-0.2, -0.15) is 5.10 Å². The second-order valence-electron chi connectivity index (χ2n) is 2.56. The number of hydrogen-bond donors (Lipinski definition) is 0. The fourth-order valence-corrected chi connectivity index (χ4v) is 2.37. The molecule has 1 rings (SSSR count). The van der Waals surface area contributed by atoms with E-state index < -0.39 is 0 Å². The summed E-state index contributed by atoms with van der Waals surface area (Å²) in [6, 6.07) is 0. The SMILES string of the molecule is CCOC(=O)[C@H]1SC(SC)=NN=C1C. The fraction of sp³-hybridized carbons (Fsp3) is 0.625. The minimum Gasteiger partial charge on any atom is -0.465 e. The minimum absolute atomic E-state index is 0.236. The highest BCUT2D eigenvalue weighted by atomic mass is 32.2. The van der Waals surface area contributed by atoms with Crippen LogP contribution in [-0.2, 0) is 9.53 Å². The number of esters is 1. The average molecular weight is 232 g/mol. The van der Waals surface area contributed by atoms with Crippen LogP contribution in [0.4, 0.5) is 0 Å². The van der Waals surface area contributed by atoms with Gasteiger partial charge in [-0.3, -0.25) is 4.79 Å². The summed E-state index contributed by atoms with van der Waals surface area (Å²) >= 11 is 2.88. The van der Waals surface area contributed by atoms with E-state index in [-0.39, 0.29) is 11.2 Å². The topological polar surface area (TPSA) is 51.0 Å². The summed E-state index contributed by atoms with van der Waals surface area (Å²) in [5.74, 6) is -0.236. The molecule has 0 radical (unpaired) electrons. The Morgan fingerprint density at radius 1 is 1.64 bits per heavy atom.